The zero-order chi connectivity index (χ0) is 68.0. The molecule has 95 heavy (non-hydrogen) atoms. The highest BCUT2D eigenvalue weighted by molar-refractivity contribution is 7.47. The molecule has 2 aliphatic heterocycles. The maximum absolute atomic E-state index is 15.0. The SMILES string of the molecule is CCOC(=O)COc1c2cccc1Cc1cc3cc(c1OCC(=O)OCC)Cc1cccc(c1OCC(=O)OCC)Cc1cc(cc(c1OCC(=O)OCC)C2)C(=O)N[C@@H](C)C(=O)N[C@@H](Cc1ccccc1)COP(=O)(O)OC[C@H](Cc1ccccc1)NC(=O)[C@H](C)NC3=O. The van der Waals surface area contributed by atoms with Gasteiger partial charge in [0.2, 0.25) is 11.8 Å². The molecule has 504 valence electrons. The second kappa shape index (κ2) is 34.5. The summed E-state index contributed by atoms with van der Waals surface area (Å²) < 4.78 is 72.1. The fourth-order valence-electron chi connectivity index (χ4n) is 10.9. The van der Waals surface area contributed by atoms with Crippen LogP contribution in [0.15, 0.2) is 121 Å². The van der Waals surface area contributed by atoms with Crippen LogP contribution in [0.1, 0.15) is 118 Å². The van der Waals surface area contributed by atoms with Gasteiger partial charge in [-0.25, -0.2) is 23.7 Å². The molecule has 6 aromatic carbocycles. The molecule has 0 fully saturated rings. The van der Waals surface area contributed by atoms with E-state index in [0.29, 0.717) is 22.3 Å². The van der Waals surface area contributed by atoms with Gasteiger partial charge in [0.15, 0.2) is 26.4 Å². The number of carbonyl (C=O) groups is 8. The normalized spacial score (nSPS) is 18.6. The Bertz CT molecular complexity index is 3440. The Hall–Kier alpha value is -9.61. The van der Waals surface area contributed by atoms with Crippen molar-refractivity contribution in [1.82, 2.24) is 21.3 Å². The number of nitrogens with one attached hydrogen (secondary N) is 4. The van der Waals surface area contributed by atoms with Crippen molar-refractivity contribution in [1.29, 1.82) is 0 Å². The summed E-state index contributed by atoms with van der Waals surface area (Å²) in [4.78, 5) is 123. The Morgan fingerprint density at radius 3 is 1.00 bits per heavy atom. The van der Waals surface area contributed by atoms with Gasteiger partial charge in [-0.15, -0.1) is 0 Å². The van der Waals surface area contributed by atoms with Gasteiger partial charge in [-0.05, 0) is 134 Å². The molecule has 9 rings (SSSR count). The highest BCUT2D eigenvalue weighted by Crippen LogP contribution is 2.44. The minimum absolute atomic E-state index is 0.00509. The molecule has 2 heterocycles. The van der Waals surface area contributed by atoms with Crippen LogP contribution in [0.5, 0.6) is 23.0 Å². The van der Waals surface area contributed by atoms with E-state index in [4.69, 9.17) is 46.9 Å². The Balaban J connectivity index is 1.38. The molecular weight excluding hydrogens is 1250 g/mol. The van der Waals surface area contributed by atoms with Gasteiger partial charge >= 0.3 is 31.7 Å². The molecule has 0 saturated heterocycles. The number of fused-ring (bicyclic) bond motifs is 16. The summed E-state index contributed by atoms with van der Waals surface area (Å²) in [5.41, 5.74) is 4.23. The second-order valence-corrected chi connectivity index (χ2v) is 23.8. The van der Waals surface area contributed by atoms with Crippen LogP contribution in [-0.4, -0.2) is 143 Å². The Morgan fingerprint density at radius 2 is 0.716 bits per heavy atom. The fourth-order valence-corrected chi connectivity index (χ4v) is 11.7. The second-order valence-electron chi connectivity index (χ2n) is 22.4. The van der Waals surface area contributed by atoms with E-state index in [1.54, 1.807) is 125 Å². The van der Waals surface area contributed by atoms with E-state index < -0.39 is 119 Å². The third-order valence-corrected chi connectivity index (χ3v) is 16.1. The number of rotatable bonds is 20. The van der Waals surface area contributed by atoms with Crippen molar-refractivity contribution in [2.24, 2.45) is 0 Å². The van der Waals surface area contributed by atoms with Crippen LogP contribution in [0, 0.1) is 0 Å². The standard InChI is InChI=1S/C70H79N4O20P/c1-7-85-59(75)39-89-63-47-23-17-24-48(63)30-52-34-56-36-54(66(52)92-42-62(78)88-10-4)32-50-26-18-25-49(64(50)90-40-60(76)86-8-2)31-53-35-55(33-51(29-47)65(53)91-41-61(77)87-9-3)69(81)71-43(5)67(79)73-57(27-45-19-13-11-14-20-45)37-93-95(83,84)94-38-58(28-46-21-15-12-16-22-46)74-68(80)44(6)72-70(56)82/h11-26,33-36,43-44,57-58H,7-10,27-32,37-42H2,1-6H3,(H,71,81)(H,72,82)(H,73,79)(H,74,80)(H,83,84)/t43-,44-,57-,58-/m0/s1. The smallest absolute Gasteiger partial charge is 0.472 e. The molecule has 4 atom stereocenters. The number of phosphoric acid groups is 1. The first-order valence-electron chi connectivity index (χ1n) is 31.3. The highest BCUT2D eigenvalue weighted by atomic mass is 31.2. The fraction of sp³-hybridized carbons (Fsp3) is 0.371. The monoisotopic (exact) mass is 1330 g/mol. The first-order chi connectivity index (χ1) is 45.7. The van der Waals surface area contributed by atoms with E-state index in [9.17, 15) is 38.2 Å². The van der Waals surface area contributed by atoms with Crippen LogP contribution in [-0.2, 0) is 99.9 Å². The van der Waals surface area contributed by atoms with Gasteiger partial charge in [-0.3, -0.25) is 28.2 Å². The van der Waals surface area contributed by atoms with Crippen molar-refractivity contribution in [3.63, 3.8) is 0 Å². The lowest BCUT2D eigenvalue weighted by atomic mass is 9.89. The lowest BCUT2D eigenvalue weighted by molar-refractivity contribution is -0.146. The molecule has 0 saturated carbocycles. The minimum atomic E-state index is -4.97. The number of ether oxygens (including phenoxy) is 8. The van der Waals surface area contributed by atoms with E-state index >= 15 is 9.59 Å². The Morgan fingerprint density at radius 1 is 0.432 bits per heavy atom. The average molecular weight is 1330 g/mol. The van der Waals surface area contributed by atoms with Gasteiger partial charge in [-0.1, -0.05) is 97.1 Å². The van der Waals surface area contributed by atoms with Crippen LogP contribution < -0.4 is 40.2 Å². The summed E-state index contributed by atoms with van der Waals surface area (Å²) >= 11 is 0. The van der Waals surface area contributed by atoms with Gasteiger partial charge in [0.1, 0.15) is 35.1 Å². The van der Waals surface area contributed by atoms with Crippen LogP contribution in [0.25, 0.3) is 0 Å². The summed E-state index contributed by atoms with van der Waals surface area (Å²) in [6.07, 6.45) is -0.394. The number of hydrogen-bond donors (Lipinski definition) is 5. The van der Waals surface area contributed by atoms with E-state index in [0.717, 1.165) is 11.1 Å². The molecule has 0 spiro atoms. The Kier molecular flexibility index (Phi) is 25.9. The lowest BCUT2D eigenvalue weighted by Gasteiger charge is -2.25. The van der Waals surface area contributed by atoms with Crippen molar-refractivity contribution in [3.8, 4) is 23.0 Å². The van der Waals surface area contributed by atoms with E-state index in [1.165, 1.54) is 38.1 Å². The largest absolute Gasteiger partial charge is 0.481 e. The molecule has 6 aromatic rings. The van der Waals surface area contributed by atoms with E-state index in [-0.39, 0.29) is 121 Å². The molecule has 0 unspecified atom stereocenters. The molecular formula is C70H79N4O20P. The molecule has 1 aliphatic carbocycles. The number of phosphoric ester groups is 1. The third kappa shape index (κ3) is 20.7. The zero-order valence-electron chi connectivity index (χ0n) is 53.8. The topological polar surface area (TPSA) is 314 Å². The predicted molar refractivity (Wildman–Crippen MR) is 345 cm³/mol. The molecule has 0 aromatic heterocycles. The van der Waals surface area contributed by atoms with Gasteiger partial charge < -0.3 is 64.1 Å². The van der Waals surface area contributed by atoms with Crippen LogP contribution in [0.2, 0.25) is 0 Å². The van der Waals surface area contributed by atoms with Gasteiger partial charge in [0, 0.05) is 36.8 Å². The summed E-state index contributed by atoms with van der Waals surface area (Å²) in [7, 11) is -4.97. The van der Waals surface area contributed by atoms with Crippen LogP contribution in [0.3, 0.4) is 0 Å². The molecule has 5 N–H and O–H groups in total. The van der Waals surface area contributed by atoms with Crippen molar-refractivity contribution in [3.05, 3.63) is 188 Å². The lowest BCUT2D eigenvalue weighted by Crippen LogP contribution is -2.50. The van der Waals surface area contributed by atoms with Gasteiger partial charge in [0.25, 0.3) is 11.8 Å². The maximum atomic E-state index is 15.0. The highest BCUT2D eigenvalue weighted by Gasteiger charge is 2.32. The van der Waals surface area contributed by atoms with Crippen molar-refractivity contribution >= 4 is 55.3 Å². The number of para-hydroxylation sites is 2. The number of benzene rings is 6. The van der Waals surface area contributed by atoms with Crippen LogP contribution in [0.4, 0.5) is 0 Å². The summed E-state index contributed by atoms with van der Waals surface area (Å²) in [6, 6.07) is 29.7. The summed E-state index contributed by atoms with van der Waals surface area (Å²) in [5, 5.41) is 11.3. The van der Waals surface area contributed by atoms with E-state index in [2.05, 4.69) is 21.3 Å². The van der Waals surface area contributed by atoms with Crippen molar-refractivity contribution < 1.29 is 94.8 Å². The van der Waals surface area contributed by atoms with Crippen molar-refractivity contribution in [2.75, 3.05) is 66.1 Å². The molecule has 0 radical (unpaired) electrons. The minimum Gasteiger partial charge on any atom is -0.481 e. The van der Waals surface area contributed by atoms with Crippen molar-refractivity contribution in [2.45, 2.75) is 104 Å². The maximum Gasteiger partial charge on any atom is 0.472 e. The number of esters is 4. The average Bonchev–Trinajstić information content (AvgIpc) is 0.782. The predicted octanol–water partition coefficient (Wildman–Crippen LogP) is 6.97. The third-order valence-electron chi connectivity index (χ3n) is 15.2. The zero-order valence-corrected chi connectivity index (χ0v) is 54.7. The molecule has 10 bridgehead atoms. The molecule has 24 nitrogen and oxygen atoms in total. The molecule has 4 amide bonds. The van der Waals surface area contributed by atoms with Crippen LogP contribution >= 0.6 is 7.82 Å². The molecule has 3 aliphatic rings. The first-order valence-corrected chi connectivity index (χ1v) is 32.8. The van der Waals surface area contributed by atoms with Gasteiger partial charge in [0.05, 0.1) is 51.7 Å². The summed E-state index contributed by atoms with van der Waals surface area (Å²) in [6.45, 7) is 6.09. The first kappa shape index (κ1) is 71.2. The number of hydrogen-bond acceptors (Lipinski definition) is 19. The number of amides is 4. The molecule has 25 heteroatoms. The van der Waals surface area contributed by atoms with E-state index in [1.807, 2.05) is 0 Å². The quantitative estimate of drug-likeness (QED) is 0.0223. The van der Waals surface area contributed by atoms with Gasteiger partial charge in [-0.2, -0.15) is 0 Å². The number of carbonyl (C=O) groups excluding carboxylic acids is 8. The summed E-state index contributed by atoms with van der Waals surface area (Å²) in [5.74, 6) is -5.24. The Labute approximate surface area is 550 Å².